The van der Waals surface area contributed by atoms with Crippen LogP contribution in [0.3, 0.4) is 0 Å². The predicted molar refractivity (Wildman–Crippen MR) is 99.0 cm³/mol. The summed E-state index contributed by atoms with van der Waals surface area (Å²) in [5, 5.41) is 14.5. The molecular weight excluding hydrogens is 412 g/mol. The number of rotatable bonds is 6. The zero-order valence-electron chi connectivity index (χ0n) is 16.9. The second kappa shape index (κ2) is 8.57. The molecule has 0 unspecified atom stereocenters. The maximum atomic E-state index is 14.1. The van der Waals surface area contributed by atoms with E-state index in [9.17, 15) is 27.2 Å². The average Bonchev–Trinajstić information content (AvgIpc) is 2.50. The molecule has 3 N–H and O–H groups in total. The lowest BCUT2D eigenvalue weighted by molar-refractivity contribution is -0.275. The van der Waals surface area contributed by atoms with Gasteiger partial charge in [0.05, 0.1) is 11.3 Å². The molecule has 7 nitrogen and oxygen atoms in total. The first-order valence-corrected chi connectivity index (χ1v) is 9.23. The molecule has 1 saturated carbocycles. The normalized spacial score (nSPS) is 20.0. The van der Waals surface area contributed by atoms with E-state index in [1.807, 2.05) is 0 Å². The Kier molecular flexibility index (Phi) is 6.73. The molecule has 1 fully saturated rings. The van der Waals surface area contributed by atoms with Gasteiger partial charge in [0.25, 0.3) is 0 Å². The summed E-state index contributed by atoms with van der Waals surface area (Å²) in [6.07, 6.45) is -4.68. The number of alkyl carbamates (subject to hydrolysis) is 1. The number of nitrogens with one attached hydrogen (secondary N) is 2. The highest BCUT2D eigenvalue weighted by Crippen LogP contribution is 2.37. The molecule has 1 amide bonds. The van der Waals surface area contributed by atoms with Crippen molar-refractivity contribution in [2.45, 2.75) is 64.6 Å². The molecule has 1 atom stereocenters. The van der Waals surface area contributed by atoms with Crippen LogP contribution in [0.5, 0.6) is 5.75 Å². The van der Waals surface area contributed by atoms with Crippen LogP contribution in [0.25, 0.3) is 0 Å². The van der Waals surface area contributed by atoms with Crippen LogP contribution in [0.4, 0.5) is 28.0 Å². The summed E-state index contributed by atoms with van der Waals surface area (Å²) < 4.78 is 60.9. The Morgan fingerprint density at radius 2 is 1.80 bits per heavy atom. The molecule has 1 aromatic carbocycles. The first kappa shape index (κ1) is 23.6. The van der Waals surface area contributed by atoms with Gasteiger partial charge in [0, 0.05) is 12.1 Å². The van der Waals surface area contributed by atoms with Crippen LogP contribution in [0.1, 0.15) is 50.9 Å². The topological polar surface area (TPSA) is 96.9 Å². The molecule has 0 heterocycles. The van der Waals surface area contributed by atoms with E-state index in [1.165, 1.54) is 0 Å². The lowest BCUT2D eigenvalue weighted by atomic mass is 9.76. The quantitative estimate of drug-likeness (QED) is 0.567. The maximum absolute atomic E-state index is 14.1. The maximum Gasteiger partial charge on any atom is 0.573 e. The molecule has 0 bridgehead atoms. The number of anilines is 1. The Hall–Kier alpha value is -2.72. The fourth-order valence-corrected chi connectivity index (χ4v) is 3.07. The second-order valence-corrected chi connectivity index (χ2v) is 8.20. The van der Waals surface area contributed by atoms with Crippen molar-refractivity contribution in [1.29, 1.82) is 0 Å². The van der Waals surface area contributed by atoms with Crippen molar-refractivity contribution in [2.24, 2.45) is 5.92 Å². The van der Waals surface area contributed by atoms with Crippen LogP contribution in [0.15, 0.2) is 12.1 Å². The minimum atomic E-state index is -5.15. The van der Waals surface area contributed by atoms with Crippen LogP contribution in [0, 0.1) is 11.7 Å². The molecule has 11 heteroatoms. The third-order valence-corrected chi connectivity index (χ3v) is 4.49. The number of carboxylic acid groups (broad SMARTS) is 1. The van der Waals surface area contributed by atoms with E-state index in [2.05, 4.69) is 15.4 Å². The molecule has 0 aliphatic heterocycles. The van der Waals surface area contributed by atoms with Gasteiger partial charge in [-0.2, -0.15) is 0 Å². The Morgan fingerprint density at radius 1 is 1.20 bits per heavy atom. The molecular formula is C19H24F4N2O5. The minimum Gasteiger partial charge on any atom is -0.478 e. The smallest absolute Gasteiger partial charge is 0.478 e. The molecule has 1 aliphatic rings. The molecule has 1 aromatic rings. The fourth-order valence-electron chi connectivity index (χ4n) is 3.07. The molecule has 30 heavy (non-hydrogen) atoms. The molecule has 0 aromatic heterocycles. The third-order valence-electron chi connectivity index (χ3n) is 4.49. The number of ether oxygens (including phenoxy) is 2. The summed E-state index contributed by atoms with van der Waals surface area (Å²) in [6, 6.07) is 0.740. The highest BCUT2D eigenvalue weighted by Gasteiger charge is 2.37. The Morgan fingerprint density at radius 3 is 2.30 bits per heavy atom. The van der Waals surface area contributed by atoms with Crippen molar-refractivity contribution >= 4 is 17.7 Å². The molecule has 2 rings (SSSR count). The van der Waals surface area contributed by atoms with Gasteiger partial charge in [-0.3, -0.25) is 0 Å². The van der Waals surface area contributed by atoms with E-state index in [0.717, 1.165) is 6.07 Å². The second-order valence-electron chi connectivity index (χ2n) is 8.20. The van der Waals surface area contributed by atoms with Crippen LogP contribution in [-0.4, -0.2) is 41.2 Å². The number of carbonyl (C=O) groups is 2. The standard InChI is InChI=1S/C19H24F4N2O5/c1-9(10-5-12(6-10)25-17(28)30-18(2,3)4)24-14-8-11(16(26)27)7-13(20)15(14)29-19(21,22)23/h7-10,12,24H,5-6H2,1-4H3,(H,25,28)(H,26,27)/t9-,10?,12?/m0/s1. The van der Waals surface area contributed by atoms with Crippen LogP contribution in [0.2, 0.25) is 0 Å². The molecule has 0 radical (unpaired) electrons. The minimum absolute atomic E-state index is 0.0554. The number of hydrogen-bond acceptors (Lipinski definition) is 5. The molecule has 1 aliphatic carbocycles. The predicted octanol–water partition coefficient (Wildman–Crippen LogP) is 4.53. The van der Waals surface area contributed by atoms with Crippen molar-refractivity contribution in [2.75, 3.05) is 5.32 Å². The zero-order valence-corrected chi connectivity index (χ0v) is 16.9. The van der Waals surface area contributed by atoms with Crippen molar-refractivity contribution < 1.29 is 41.7 Å². The van der Waals surface area contributed by atoms with Gasteiger partial charge in [0.2, 0.25) is 0 Å². The van der Waals surface area contributed by atoms with E-state index in [0.29, 0.717) is 18.9 Å². The highest BCUT2D eigenvalue weighted by atomic mass is 19.4. The fraction of sp³-hybridized carbons (Fsp3) is 0.579. The number of carbonyl (C=O) groups excluding carboxylic acids is 1. The number of aromatic carboxylic acids is 1. The van der Waals surface area contributed by atoms with E-state index >= 15 is 0 Å². The molecule has 168 valence electrons. The first-order valence-electron chi connectivity index (χ1n) is 9.23. The summed E-state index contributed by atoms with van der Waals surface area (Å²) in [6.45, 7) is 6.85. The Bertz CT molecular complexity index is 801. The van der Waals surface area contributed by atoms with E-state index in [4.69, 9.17) is 9.84 Å². The highest BCUT2D eigenvalue weighted by molar-refractivity contribution is 5.89. The lowest BCUT2D eigenvalue weighted by Gasteiger charge is -2.40. The van der Waals surface area contributed by atoms with Gasteiger partial charge in [-0.15, -0.1) is 13.2 Å². The van der Waals surface area contributed by atoms with Gasteiger partial charge >= 0.3 is 18.4 Å². The summed E-state index contributed by atoms with van der Waals surface area (Å²) in [7, 11) is 0. The van der Waals surface area contributed by atoms with Crippen molar-refractivity contribution in [1.82, 2.24) is 5.32 Å². The zero-order chi connectivity index (χ0) is 22.9. The average molecular weight is 436 g/mol. The number of alkyl halides is 3. The van der Waals surface area contributed by atoms with Crippen LogP contribution >= 0.6 is 0 Å². The summed E-state index contributed by atoms with van der Waals surface area (Å²) in [5.41, 5.74) is -1.58. The summed E-state index contributed by atoms with van der Waals surface area (Å²) >= 11 is 0. The van der Waals surface area contributed by atoms with Crippen molar-refractivity contribution in [3.8, 4) is 5.75 Å². The van der Waals surface area contributed by atoms with Gasteiger partial charge in [0.1, 0.15) is 5.60 Å². The van der Waals surface area contributed by atoms with E-state index < -0.39 is 52.9 Å². The number of amides is 1. The van der Waals surface area contributed by atoms with Gasteiger partial charge in [-0.1, -0.05) is 0 Å². The van der Waals surface area contributed by atoms with Gasteiger partial charge in [0.15, 0.2) is 11.6 Å². The molecule has 0 saturated heterocycles. The summed E-state index contributed by atoms with van der Waals surface area (Å²) in [5.74, 6) is -4.12. The van der Waals surface area contributed by atoms with E-state index in [1.54, 1.807) is 27.7 Å². The first-order chi connectivity index (χ1) is 13.6. The SMILES string of the molecule is C[C@H](Nc1cc(C(=O)O)cc(F)c1OC(F)(F)F)C1CC(NC(=O)OC(C)(C)C)C1. The van der Waals surface area contributed by atoms with Gasteiger partial charge < -0.3 is 25.2 Å². The monoisotopic (exact) mass is 436 g/mol. The number of hydrogen-bond donors (Lipinski definition) is 3. The largest absolute Gasteiger partial charge is 0.573 e. The Labute approximate surface area is 170 Å². The number of halogens is 4. The third kappa shape index (κ3) is 6.67. The van der Waals surface area contributed by atoms with Gasteiger partial charge in [-0.05, 0) is 58.6 Å². The summed E-state index contributed by atoms with van der Waals surface area (Å²) in [4.78, 5) is 22.9. The Balaban J connectivity index is 2.05. The van der Waals surface area contributed by atoms with Crippen molar-refractivity contribution in [3.05, 3.63) is 23.5 Å². The lowest BCUT2D eigenvalue weighted by Crippen LogP contribution is -2.49. The number of benzene rings is 1. The van der Waals surface area contributed by atoms with Crippen molar-refractivity contribution in [3.63, 3.8) is 0 Å². The molecule has 0 spiro atoms. The van der Waals surface area contributed by atoms with Crippen LogP contribution < -0.4 is 15.4 Å². The van der Waals surface area contributed by atoms with Gasteiger partial charge in [-0.25, -0.2) is 14.0 Å². The van der Waals surface area contributed by atoms with E-state index in [-0.39, 0.29) is 12.0 Å². The number of carboxylic acids is 1. The van der Waals surface area contributed by atoms with Crippen LogP contribution in [-0.2, 0) is 4.74 Å².